The summed E-state index contributed by atoms with van der Waals surface area (Å²) in [6.45, 7) is 0.401. The van der Waals surface area contributed by atoms with E-state index in [1.54, 1.807) is 0 Å². The molecule has 0 unspecified atom stereocenters. The van der Waals surface area contributed by atoms with Crippen molar-refractivity contribution < 1.29 is 14.7 Å². The van der Waals surface area contributed by atoms with Gasteiger partial charge in [-0.1, -0.05) is 6.07 Å². The monoisotopic (exact) mass is 252 g/mol. The summed E-state index contributed by atoms with van der Waals surface area (Å²) < 4.78 is 0. The van der Waals surface area contributed by atoms with E-state index in [-0.39, 0.29) is 12.5 Å². The van der Waals surface area contributed by atoms with Crippen LogP contribution in [-0.4, -0.2) is 29.3 Å². The van der Waals surface area contributed by atoms with Crippen LogP contribution in [0.1, 0.15) is 5.56 Å². The summed E-state index contributed by atoms with van der Waals surface area (Å²) in [4.78, 5) is 22.6. The van der Waals surface area contributed by atoms with E-state index < -0.39 is 5.97 Å². The molecule has 2 rings (SSSR count). The number of thioether (sulfide) groups is 1. The molecule has 1 aliphatic heterocycles. The van der Waals surface area contributed by atoms with E-state index in [1.165, 1.54) is 11.8 Å². The molecular weight excluding hydrogens is 240 g/mol. The fourth-order valence-corrected chi connectivity index (χ4v) is 2.34. The Hall–Kier alpha value is -1.53. The van der Waals surface area contributed by atoms with Crippen molar-refractivity contribution >= 4 is 29.3 Å². The topological polar surface area (TPSA) is 78.4 Å². The van der Waals surface area contributed by atoms with Gasteiger partial charge in [-0.25, -0.2) is 0 Å². The molecule has 6 heteroatoms. The number of amides is 1. The molecule has 5 nitrogen and oxygen atoms in total. The summed E-state index contributed by atoms with van der Waals surface area (Å²) in [6, 6.07) is 5.74. The van der Waals surface area contributed by atoms with Crippen molar-refractivity contribution in [2.24, 2.45) is 0 Å². The van der Waals surface area contributed by atoms with E-state index >= 15 is 0 Å². The summed E-state index contributed by atoms with van der Waals surface area (Å²) in [5, 5.41) is 14.1. The van der Waals surface area contributed by atoms with Crippen molar-refractivity contribution in [3.8, 4) is 0 Å². The number of fused-ring (bicyclic) bond motifs is 1. The van der Waals surface area contributed by atoms with Crippen LogP contribution in [0.15, 0.2) is 23.1 Å². The molecule has 1 aliphatic rings. The smallest absolute Gasteiger partial charge is 0.317 e. The van der Waals surface area contributed by atoms with Crippen LogP contribution in [0, 0.1) is 0 Å². The maximum atomic E-state index is 11.2. The minimum atomic E-state index is -0.883. The first-order valence-corrected chi connectivity index (χ1v) is 6.12. The first kappa shape index (κ1) is 11.9. The highest BCUT2D eigenvalue weighted by Crippen LogP contribution is 2.31. The van der Waals surface area contributed by atoms with E-state index in [0.29, 0.717) is 12.3 Å². The highest BCUT2D eigenvalue weighted by atomic mass is 32.2. The molecule has 17 heavy (non-hydrogen) atoms. The summed E-state index contributed by atoms with van der Waals surface area (Å²) >= 11 is 1.51. The predicted molar refractivity (Wildman–Crippen MR) is 65.1 cm³/mol. The van der Waals surface area contributed by atoms with Gasteiger partial charge in [-0.15, -0.1) is 11.8 Å². The molecular formula is C11H12N2O3S. The maximum absolute atomic E-state index is 11.2. The van der Waals surface area contributed by atoms with Gasteiger partial charge < -0.3 is 15.7 Å². The molecule has 0 saturated heterocycles. The number of nitrogens with one attached hydrogen (secondary N) is 2. The highest BCUT2D eigenvalue weighted by Gasteiger charge is 2.15. The zero-order valence-corrected chi connectivity index (χ0v) is 9.84. The van der Waals surface area contributed by atoms with Crippen molar-refractivity contribution in [2.45, 2.75) is 11.4 Å². The van der Waals surface area contributed by atoms with E-state index in [2.05, 4.69) is 10.6 Å². The second-order valence-electron chi connectivity index (χ2n) is 3.66. The van der Waals surface area contributed by atoms with Crippen LogP contribution in [0.4, 0.5) is 5.69 Å². The normalized spacial score (nSPS) is 14.0. The summed E-state index contributed by atoms with van der Waals surface area (Å²) in [5.41, 5.74) is 1.76. The highest BCUT2D eigenvalue weighted by molar-refractivity contribution is 8.00. The van der Waals surface area contributed by atoms with Gasteiger partial charge in [0, 0.05) is 11.4 Å². The molecule has 0 saturated carbocycles. The standard InChI is InChI=1S/C11H12N2O3S/c14-10-6-17-9-2-1-7(3-8(9)13-10)4-12-5-11(15)16/h1-3,12H,4-6H2,(H,13,14)(H,15,16). The lowest BCUT2D eigenvalue weighted by Gasteiger charge is -2.17. The molecule has 3 N–H and O–H groups in total. The molecule has 1 aromatic rings. The Bertz CT molecular complexity index is 462. The minimum Gasteiger partial charge on any atom is -0.480 e. The number of carbonyl (C=O) groups excluding carboxylic acids is 1. The van der Waals surface area contributed by atoms with Gasteiger partial charge in [0.15, 0.2) is 0 Å². The summed E-state index contributed by atoms with van der Waals surface area (Å²) in [7, 11) is 0. The third-order valence-electron chi connectivity index (χ3n) is 2.28. The Labute approximate surface area is 103 Å². The zero-order chi connectivity index (χ0) is 12.3. The molecule has 0 radical (unpaired) electrons. The first-order valence-electron chi connectivity index (χ1n) is 5.13. The fraction of sp³-hybridized carbons (Fsp3) is 0.273. The Morgan fingerprint density at radius 2 is 2.35 bits per heavy atom. The lowest BCUT2D eigenvalue weighted by Crippen LogP contribution is -2.22. The quantitative estimate of drug-likeness (QED) is 0.742. The van der Waals surface area contributed by atoms with Gasteiger partial charge in [0.05, 0.1) is 18.0 Å². The van der Waals surface area contributed by atoms with Gasteiger partial charge in [-0.2, -0.15) is 0 Å². The molecule has 1 heterocycles. The third kappa shape index (κ3) is 3.21. The van der Waals surface area contributed by atoms with Gasteiger partial charge in [-0.3, -0.25) is 9.59 Å². The minimum absolute atomic E-state index is 0.00172. The number of carboxylic acid groups (broad SMARTS) is 1. The molecule has 0 spiro atoms. The molecule has 1 aromatic carbocycles. The lowest BCUT2D eigenvalue weighted by molar-refractivity contribution is -0.136. The van der Waals surface area contributed by atoms with Crippen molar-refractivity contribution in [3.05, 3.63) is 23.8 Å². The molecule has 1 amide bonds. The average Bonchev–Trinajstić information content (AvgIpc) is 2.28. The maximum Gasteiger partial charge on any atom is 0.317 e. The number of hydrogen-bond donors (Lipinski definition) is 3. The largest absolute Gasteiger partial charge is 0.480 e. The van der Waals surface area contributed by atoms with Gasteiger partial charge in [0.25, 0.3) is 0 Å². The number of carbonyl (C=O) groups is 2. The van der Waals surface area contributed by atoms with E-state index in [1.807, 2.05) is 18.2 Å². The lowest BCUT2D eigenvalue weighted by atomic mass is 10.2. The van der Waals surface area contributed by atoms with E-state index in [4.69, 9.17) is 5.11 Å². The predicted octanol–water partition coefficient (Wildman–Crippen LogP) is 0.905. The van der Waals surface area contributed by atoms with Gasteiger partial charge >= 0.3 is 5.97 Å². The Balaban J connectivity index is 2.02. The third-order valence-corrected chi connectivity index (χ3v) is 3.36. The van der Waals surface area contributed by atoms with E-state index in [0.717, 1.165) is 16.1 Å². The first-order chi connectivity index (χ1) is 8.15. The second-order valence-corrected chi connectivity index (χ2v) is 4.68. The second kappa shape index (κ2) is 5.20. The van der Waals surface area contributed by atoms with Crippen molar-refractivity contribution in [1.29, 1.82) is 0 Å². The summed E-state index contributed by atoms with van der Waals surface area (Å²) in [6.07, 6.45) is 0. The number of carboxylic acids is 1. The van der Waals surface area contributed by atoms with Crippen LogP contribution in [0.5, 0.6) is 0 Å². The number of hydrogen-bond acceptors (Lipinski definition) is 4. The van der Waals surface area contributed by atoms with Crippen molar-refractivity contribution in [2.75, 3.05) is 17.6 Å². The molecule has 0 atom stereocenters. The SMILES string of the molecule is O=C(O)CNCc1ccc2c(c1)NC(=O)CS2. The van der Waals surface area contributed by atoms with Gasteiger partial charge in [-0.05, 0) is 17.7 Å². The average molecular weight is 252 g/mol. The molecule has 0 bridgehead atoms. The van der Waals surface area contributed by atoms with Crippen molar-refractivity contribution in [3.63, 3.8) is 0 Å². The van der Waals surface area contributed by atoms with Crippen LogP contribution >= 0.6 is 11.8 Å². The molecule has 0 aliphatic carbocycles. The number of rotatable bonds is 4. The van der Waals surface area contributed by atoms with Crippen LogP contribution in [0.25, 0.3) is 0 Å². The number of anilines is 1. The molecule has 90 valence electrons. The Morgan fingerprint density at radius 1 is 1.53 bits per heavy atom. The molecule has 0 fully saturated rings. The number of benzene rings is 1. The fourth-order valence-electron chi connectivity index (χ4n) is 1.55. The number of aliphatic carboxylic acids is 1. The van der Waals surface area contributed by atoms with E-state index in [9.17, 15) is 9.59 Å². The van der Waals surface area contributed by atoms with Gasteiger partial charge in [0.1, 0.15) is 0 Å². The van der Waals surface area contributed by atoms with Crippen molar-refractivity contribution in [1.82, 2.24) is 5.32 Å². The summed E-state index contributed by atoms with van der Waals surface area (Å²) in [5.74, 6) is -0.436. The molecule has 0 aromatic heterocycles. The van der Waals surface area contributed by atoms with Crippen LogP contribution in [0.3, 0.4) is 0 Å². The van der Waals surface area contributed by atoms with Crippen LogP contribution in [0.2, 0.25) is 0 Å². The Kier molecular flexibility index (Phi) is 3.65. The van der Waals surface area contributed by atoms with Gasteiger partial charge in [0.2, 0.25) is 5.91 Å². The zero-order valence-electron chi connectivity index (χ0n) is 9.03. The van der Waals surface area contributed by atoms with Crippen LogP contribution in [-0.2, 0) is 16.1 Å². The van der Waals surface area contributed by atoms with Crippen LogP contribution < -0.4 is 10.6 Å². The Morgan fingerprint density at radius 3 is 3.12 bits per heavy atom.